The van der Waals surface area contributed by atoms with Crippen LogP contribution in [0.15, 0.2) is 28.1 Å². The summed E-state index contributed by atoms with van der Waals surface area (Å²) in [5.74, 6) is 1.74. The summed E-state index contributed by atoms with van der Waals surface area (Å²) >= 11 is 1.37. The molecule has 0 amide bonds. The second-order valence-corrected chi connectivity index (χ2v) is 6.87. The molecule has 0 fully saturated rings. The minimum Gasteiger partial charge on any atom is -0.383 e. The van der Waals surface area contributed by atoms with Crippen LogP contribution in [0.25, 0.3) is 5.82 Å². The van der Waals surface area contributed by atoms with E-state index in [2.05, 4.69) is 15.4 Å². The van der Waals surface area contributed by atoms with Gasteiger partial charge in [0.2, 0.25) is 0 Å². The first-order valence-corrected chi connectivity index (χ1v) is 9.15. The van der Waals surface area contributed by atoms with Gasteiger partial charge in [-0.2, -0.15) is 0 Å². The molecule has 3 rings (SSSR count). The van der Waals surface area contributed by atoms with E-state index in [4.69, 9.17) is 9.26 Å². The molecule has 0 atom stereocenters. The quantitative estimate of drug-likeness (QED) is 0.442. The Morgan fingerprint density at radius 2 is 2.12 bits per heavy atom. The van der Waals surface area contributed by atoms with E-state index in [1.807, 2.05) is 42.0 Å². The molecule has 0 unspecified atom stereocenters. The molecule has 9 heteroatoms. The number of carbonyl (C=O) groups excluding carboxylic acids is 1. The van der Waals surface area contributed by atoms with Crippen LogP contribution in [0.1, 0.15) is 27.5 Å². The molecule has 0 aromatic carbocycles. The fourth-order valence-corrected chi connectivity index (χ4v) is 3.59. The third kappa shape index (κ3) is 3.73. The topological polar surface area (TPSA) is 88.0 Å². The van der Waals surface area contributed by atoms with E-state index in [0.717, 1.165) is 17.1 Å². The van der Waals surface area contributed by atoms with E-state index >= 15 is 0 Å². The van der Waals surface area contributed by atoms with Gasteiger partial charge in [0.05, 0.1) is 12.4 Å². The van der Waals surface area contributed by atoms with Gasteiger partial charge in [0.1, 0.15) is 12.1 Å². The lowest BCUT2D eigenvalue weighted by atomic mass is 10.2. The SMILES string of the molecule is COCCn1cnnc1SCC(=O)c1cc(C)n(-c2cc(C)on2)c1C. The summed E-state index contributed by atoms with van der Waals surface area (Å²) < 4.78 is 14.0. The third-order valence-electron chi connectivity index (χ3n) is 4.02. The Hall–Kier alpha value is -2.39. The van der Waals surface area contributed by atoms with Gasteiger partial charge in [-0.25, -0.2) is 0 Å². The summed E-state index contributed by atoms with van der Waals surface area (Å²) in [5.41, 5.74) is 2.47. The first-order valence-electron chi connectivity index (χ1n) is 8.16. The number of nitrogens with zero attached hydrogens (tertiary/aromatic N) is 5. The number of Topliss-reactive ketones (excluding diaryl/α,β-unsaturated/α-hetero) is 1. The summed E-state index contributed by atoms with van der Waals surface area (Å²) in [6.45, 7) is 6.92. The number of aryl methyl sites for hydroxylation is 2. The van der Waals surface area contributed by atoms with E-state index in [9.17, 15) is 4.79 Å². The van der Waals surface area contributed by atoms with Crippen LogP contribution < -0.4 is 0 Å². The highest BCUT2D eigenvalue weighted by atomic mass is 32.2. The Balaban J connectivity index is 1.74. The molecular formula is C17H21N5O3S. The predicted octanol–water partition coefficient (Wildman–Crippen LogP) is 2.60. The third-order valence-corrected chi connectivity index (χ3v) is 5.01. The van der Waals surface area contributed by atoms with Crippen LogP contribution in [0.4, 0.5) is 0 Å². The van der Waals surface area contributed by atoms with E-state index < -0.39 is 0 Å². The molecule has 0 saturated carbocycles. The lowest BCUT2D eigenvalue weighted by molar-refractivity contribution is 0.102. The van der Waals surface area contributed by atoms with E-state index in [1.54, 1.807) is 13.4 Å². The van der Waals surface area contributed by atoms with Crippen molar-refractivity contribution in [2.24, 2.45) is 0 Å². The van der Waals surface area contributed by atoms with Crippen LogP contribution in [-0.2, 0) is 11.3 Å². The zero-order valence-electron chi connectivity index (χ0n) is 15.2. The van der Waals surface area contributed by atoms with Crippen molar-refractivity contribution >= 4 is 17.5 Å². The number of hydrogen-bond acceptors (Lipinski definition) is 7. The minimum atomic E-state index is 0.0378. The normalized spacial score (nSPS) is 11.2. The van der Waals surface area contributed by atoms with Crippen LogP contribution >= 0.6 is 11.8 Å². The predicted molar refractivity (Wildman–Crippen MR) is 97.0 cm³/mol. The molecule has 3 aromatic heterocycles. The number of hydrogen-bond donors (Lipinski definition) is 0. The van der Waals surface area contributed by atoms with Crippen LogP contribution in [0.3, 0.4) is 0 Å². The monoisotopic (exact) mass is 375 g/mol. The summed E-state index contributed by atoms with van der Waals surface area (Å²) in [6, 6.07) is 3.74. The van der Waals surface area contributed by atoms with Crippen LogP contribution in [0.2, 0.25) is 0 Å². The van der Waals surface area contributed by atoms with Gasteiger partial charge in [-0.05, 0) is 26.8 Å². The molecule has 0 N–H and O–H groups in total. The molecule has 138 valence electrons. The Bertz CT molecular complexity index is 912. The molecule has 0 saturated heterocycles. The highest BCUT2D eigenvalue weighted by molar-refractivity contribution is 7.99. The van der Waals surface area contributed by atoms with E-state index in [1.165, 1.54) is 11.8 Å². The first kappa shape index (κ1) is 18.4. The Morgan fingerprint density at radius 3 is 2.81 bits per heavy atom. The summed E-state index contributed by atoms with van der Waals surface area (Å²) in [4.78, 5) is 12.7. The van der Waals surface area contributed by atoms with Gasteiger partial charge in [0.25, 0.3) is 0 Å². The maximum atomic E-state index is 12.7. The zero-order chi connectivity index (χ0) is 18.7. The smallest absolute Gasteiger partial charge is 0.191 e. The summed E-state index contributed by atoms with van der Waals surface area (Å²) in [7, 11) is 1.65. The van der Waals surface area contributed by atoms with Crippen molar-refractivity contribution in [3.63, 3.8) is 0 Å². The average molecular weight is 375 g/mol. The lowest BCUT2D eigenvalue weighted by Crippen LogP contribution is -2.08. The summed E-state index contributed by atoms with van der Waals surface area (Å²) in [5, 5.41) is 12.7. The van der Waals surface area contributed by atoms with Crippen LogP contribution in [-0.4, -0.2) is 49.7 Å². The molecule has 0 aliphatic rings. The standard InChI is InChI=1S/C17H21N5O3S/c1-11-7-14(13(3)22(11)16-8-12(2)25-20-16)15(23)9-26-17-19-18-10-21(17)5-6-24-4/h7-8,10H,5-6,9H2,1-4H3. The number of methoxy groups -OCH3 is 1. The van der Waals surface area contributed by atoms with Crippen molar-refractivity contribution < 1.29 is 14.1 Å². The molecule has 0 spiro atoms. The van der Waals surface area contributed by atoms with Gasteiger partial charge in [-0.15, -0.1) is 10.2 Å². The zero-order valence-corrected chi connectivity index (χ0v) is 16.0. The highest BCUT2D eigenvalue weighted by Crippen LogP contribution is 2.23. The fourth-order valence-electron chi connectivity index (χ4n) is 2.76. The number of thioether (sulfide) groups is 1. The van der Waals surface area contributed by atoms with Gasteiger partial charge in [0.15, 0.2) is 16.8 Å². The van der Waals surface area contributed by atoms with Crippen molar-refractivity contribution in [3.05, 3.63) is 41.2 Å². The Morgan fingerprint density at radius 1 is 1.31 bits per heavy atom. The summed E-state index contributed by atoms with van der Waals surface area (Å²) in [6.07, 6.45) is 1.64. The van der Waals surface area contributed by atoms with Crippen LogP contribution in [0.5, 0.6) is 0 Å². The van der Waals surface area contributed by atoms with Crippen molar-refractivity contribution in [2.75, 3.05) is 19.5 Å². The number of ketones is 1. The number of aromatic nitrogens is 5. The van der Waals surface area contributed by atoms with Crippen molar-refractivity contribution in [2.45, 2.75) is 32.5 Å². The van der Waals surface area contributed by atoms with E-state index in [0.29, 0.717) is 29.7 Å². The molecule has 3 aromatic rings. The molecule has 26 heavy (non-hydrogen) atoms. The molecule has 0 aliphatic carbocycles. The molecule has 0 radical (unpaired) electrons. The van der Waals surface area contributed by atoms with Crippen molar-refractivity contribution in [1.82, 2.24) is 24.5 Å². The van der Waals surface area contributed by atoms with E-state index in [-0.39, 0.29) is 11.5 Å². The molecular weight excluding hydrogens is 354 g/mol. The Labute approximate surface area is 155 Å². The van der Waals surface area contributed by atoms with Gasteiger partial charge < -0.3 is 13.8 Å². The van der Waals surface area contributed by atoms with Gasteiger partial charge in [0, 0.05) is 36.7 Å². The van der Waals surface area contributed by atoms with Gasteiger partial charge >= 0.3 is 0 Å². The highest BCUT2D eigenvalue weighted by Gasteiger charge is 2.19. The number of carbonyl (C=O) groups is 1. The fraction of sp³-hybridized carbons (Fsp3) is 0.412. The van der Waals surface area contributed by atoms with Gasteiger partial charge in [-0.3, -0.25) is 9.36 Å². The molecule has 8 nitrogen and oxygen atoms in total. The number of rotatable bonds is 8. The molecule has 0 bridgehead atoms. The second-order valence-electron chi connectivity index (χ2n) is 5.93. The average Bonchev–Trinajstić information content (AvgIpc) is 3.30. The Kier molecular flexibility index (Phi) is 5.58. The molecule has 3 heterocycles. The number of ether oxygens (including phenoxy) is 1. The minimum absolute atomic E-state index is 0.0378. The molecule has 0 aliphatic heterocycles. The largest absolute Gasteiger partial charge is 0.383 e. The maximum Gasteiger partial charge on any atom is 0.191 e. The van der Waals surface area contributed by atoms with Gasteiger partial charge in [-0.1, -0.05) is 16.9 Å². The maximum absolute atomic E-state index is 12.7. The van der Waals surface area contributed by atoms with Crippen molar-refractivity contribution in [3.8, 4) is 5.82 Å². The first-order chi connectivity index (χ1) is 12.5. The van der Waals surface area contributed by atoms with Crippen molar-refractivity contribution in [1.29, 1.82) is 0 Å². The lowest BCUT2D eigenvalue weighted by Gasteiger charge is -2.06. The second kappa shape index (κ2) is 7.88. The van der Waals surface area contributed by atoms with Crippen LogP contribution in [0, 0.1) is 20.8 Å².